The molecule has 0 aliphatic rings. The molecule has 0 bridgehead atoms. The van der Waals surface area contributed by atoms with Crippen molar-refractivity contribution in [2.24, 2.45) is 0 Å². The summed E-state index contributed by atoms with van der Waals surface area (Å²) in [5.41, 5.74) is 1.14. The molecule has 0 saturated carbocycles. The summed E-state index contributed by atoms with van der Waals surface area (Å²) in [6, 6.07) is 4.25. The van der Waals surface area contributed by atoms with E-state index >= 15 is 0 Å². The Morgan fingerprint density at radius 1 is 1.43 bits per heavy atom. The Hall–Kier alpha value is -1.84. The molecule has 0 amide bonds. The van der Waals surface area contributed by atoms with Gasteiger partial charge in [-0.1, -0.05) is 0 Å². The second-order valence-corrected chi connectivity index (χ2v) is 2.72. The van der Waals surface area contributed by atoms with Crippen LogP contribution < -0.4 is 4.74 Å². The summed E-state index contributed by atoms with van der Waals surface area (Å²) in [6.45, 7) is 0. The van der Waals surface area contributed by atoms with Crippen LogP contribution >= 0.6 is 0 Å². The number of methoxy groups -OCH3 is 1. The van der Waals surface area contributed by atoms with E-state index in [2.05, 4.69) is 4.98 Å². The van der Waals surface area contributed by atoms with Gasteiger partial charge in [0.05, 0.1) is 7.11 Å². The van der Waals surface area contributed by atoms with Crippen LogP contribution in [0, 0.1) is 5.82 Å². The number of hydrogen-bond acceptors (Lipinski definition) is 3. The van der Waals surface area contributed by atoms with Gasteiger partial charge in [-0.25, -0.2) is 9.37 Å². The SMILES string of the molecule is COc1ccc(F)cc1-c1cocn1. The van der Waals surface area contributed by atoms with Gasteiger partial charge in [0.1, 0.15) is 23.5 Å². The molecule has 4 heteroatoms. The molecule has 0 atom stereocenters. The lowest BCUT2D eigenvalue weighted by Crippen LogP contribution is -1.88. The van der Waals surface area contributed by atoms with Crippen molar-refractivity contribution in [3.05, 3.63) is 36.7 Å². The summed E-state index contributed by atoms with van der Waals surface area (Å²) in [5, 5.41) is 0. The maximum absolute atomic E-state index is 13.0. The number of halogens is 1. The Kier molecular flexibility index (Phi) is 2.18. The van der Waals surface area contributed by atoms with E-state index in [0.29, 0.717) is 17.0 Å². The molecule has 0 N–H and O–H groups in total. The average Bonchev–Trinajstić information content (AvgIpc) is 2.70. The van der Waals surface area contributed by atoms with Crippen molar-refractivity contribution in [3.63, 3.8) is 0 Å². The van der Waals surface area contributed by atoms with Crippen LogP contribution in [0.25, 0.3) is 11.3 Å². The quantitative estimate of drug-likeness (QED) is 0.734. The lowest BCUT2D eigenvalue weighted by atomic mass is 10.1. The predicted molar refractivity (Wildman–Crippen MR) is 48.4 cm³/mol. The van der Waals surface area contributed by atoms with E-state index in [1.165, 1.54) is 31.9 Å². The van der Waals surface area contributed by atoms with Gasteiger partial charge in [0, 0.05) is 5.56 Å². The first kappa shape index (κ1) is 8.74. The Labute approximate surface area is 80.1 Å². The lowest BCUT2D eigenvalue weighted by molar-refractivity contribution is 0.415. The zero-order chi connectivity index (χ0) is 9.97. The minimum atomic E-state index is -0.330. The van der Waals surface area contributed by atoms with Gasteiger partial charge < -0.3 is 9.15 Å². The molecule has 3 nitrogen and oxygen atoms in total. The summed E-state index contributed by atoms with van der Waals surface area (Å²) in [4.78, 5) is 3.92. The number of aromatic nitrogens is 1. The van der Waals surface area contributed by atoms with Gasteiger partial charge in [-0.2, -0.15) is 0 Å². The number of hydrogen-bond donors (Lipinski definition) is 0. The van der Waals surface area contributed by atoms with Crippen LogP contribution in [0.15, 0.2) is 35.3 Å². The highest BCUT2D eigenvalue weighted by Gasteiger charge is 2.09. The molecule has 0 saturated heterocycles. The topological polar surface area (TPSA) is 35.3 Å². The van der Waals surface area contributed by atoms with Crippen molar-refractivity contribution in [1.82, 2.24) is 4.98 Å². The van der Waals surface area contributed by atoms with E-state index in [1.54, 1.807) is 6.07 Å². The largest absolute Gasteiger partial charge is 0.496 e. The lowest BCUT2D eigenvalue weighted by Gasteiger charge is -2.04. The van der Waals surface area contributed by atoms with Gasteiger partial charge in [0.25, 0.3) is 0 Å². The number of ether oxygens (including phenoxy) is 1. The van der Waals surface area contributed by atoms with E-state index in [1.807, 2.05) is 0 Å². The fourth-order valence-corrected chi connectivity index (χ4v) is 1.23. The second-order valence-electron chi connectivity index (χ2n) is 2.72. The van der Waals surface area contributed by atoms with Crippen LogP contribution in [-0.4, -0.2) is 12.1 Å². The number of rotatable bonds is 2. The van der Waals surface area contributed by atoms with Crippen molar-refractivity contribution >= 4 is 0 Å². The molecule has 72 valence electrons. The van der Waals surface area contributed by atoms with Crippen LogP contribution in [-0.2, 0) is 0 Å². The third-order valence-electron chi connectivity index (χ3n) is 1.87. The second kappa shape index (κ2) is 3.49. The van der Waals surface area contributed by atoms with Crippen molar-refractivity contribution in [3.8, 4) is 17.0 Å². The third-order valence-corrected chi connectivity index (χ3v) is 1.87. The van der Waals surface area contributed by atoms with E-state index < -0.39 is 0 Å². The molecule has 14 heavy (non-hydrogen) atoms. The maximum atomic E-state index is 13.0. The van der Waals surface area contributed by atoms with Crippen LogP contribution in [0.3, 0.4) is 0 Å². The molecule has 1 aromatic carbocycles. The van der Waals surface area contributed by atoms with E-state index in [4.69, 9.17) is 9.15 Å². The molecule has 0 unspecified atom stereocenters. The van der Waals surface area contributed by atoms with Gasteiger partial charge in [0.15, 0.2) is 6.39 Å². The number of benzene rings is 1. The van der Waals surface area contributed by atoms with Crippen LogP contribution in [0.4, 0.5) is 4.39 Å². The smallest absolute Gasteiger partial charge is 0.181 e. The molecule has 0 aliphatic heterocycles. The monoisotopic (exact) mass is 193 g/mol. The van der Waals surface area contributed by atoms with Gasteiger partial charge >= 0.3 is 0 Å². The zero-order valence-electron chi connectivity index (χ0n) is 7.53. The summed E-state index contributed by atoms with van der Waals surface area (Å²) >= 11 is 0. The standard InChI is InChI=1S/C10H8FNO2/c1-13-10-3-2-7(11)4-8(10)9-5-14-6-12-9/h2-6H,1H3. The highest BCUT2D eigenvalue weighted by Crippen LogP contribution is 2.28. The van der Waals surface area contributed by atoms with E-state index in [-0.39, 0.29) is 5.82 Å². The highest BCUT2D eigenvalue weighted by molar-refractivity contribution is 5.66. The molecule has 0 radical (unpaired) electrons. The highest BCUT2D eigenvalue weighted by atomic mass is 19.1. The minimum Gasteiger partial charge on any atom is -0.496 e. The Bertz CT molecular complexity index is 426. The molecule has 2 rings (SSSR count). The van der Waals surface area contributed by atoms with Gasteiger partial charge in [-0.15, -0.1) is 0 Å². The van der Waals surface area contributed by atoms with Crippen LogP contribution in [0.1, 0.15) is 0 Å². The van der Waals surface area contributed by atoms with Crippen molar-refractivity contribution in [2.45, 2.75) is 0 Å². The Morgan fingerprint density at radius 2 is 2.29 bits per heavy atom. The summed E-state index contributed by atoms with van der Waals surface area (Å²) in [6.07, 6.45) is 2.73. The summed E-state index contributed by atoms with van der Waals surface area (Å²) < 4.78 is 22.9. The fraction of sp³-hybridized carbons (Fsp3) is 0.100. The maximum Gasteiger partial charge on any atom is 0.181 e. The Morgan fingerprint density at radius 3 is 2.93 bits per heavy atom. The molecule has 2 aromatic rings. The molecule has 1 heterocycles. The Balaban J connectivity index is 2.55. The molecular weight excluding hydrogens is 185 g/mol. The van der Waals surface area contributed by atoms with Crippen molar-refractivity contribution in [2.75, 3.05) is 7.11 Å². The van der Waals surface area contributed by atoms with Gasteiger partial charge in [-0.05, 0) is 18.2 Å². The first-order chi connectivity index (χ1) is 6.81. The molecular formula is C10H8FNO2. The number of nitrogens with zero attached hydrogens (tertiary/aromatic N) is 1. The summed E-state index contributed by atoms with van der Waals surface area (Å²) in [7, 11) is 1.52. The van der Waals surface area contributed by atoms with Crippen molar-refractivity contribution < 1.29 is 13.5 Å². The predicted octanol–water partition coefficient (Wildman–Crippen LogP) is 2.49. The molecule has 0 fully saturated rings. The fourth-order valence-electron chi connectivity index (χ4n) is 1.23. The van der Waals surface area contributed by atoms with E-state index in [0.717, 1.165) is 0 Å². The normalized spacial score (nSPS) is 10.1. The first-order valence-corrected chi connectivity index (χ1v) is 4.03. The first-order valence-electron chi connectivity index (χ1n) is 4.03. The molecule has 1 aromatic heterocycles. The number of oxazole rings is 1. The van der Waals surface area contributed by atoms with Crippen LogP contribution in [0.5, 0.6) is 5.75 Å². The third kappa shape index (κ3) is 1.46. The van der Waals surface area contributed by atoms with Gasteiger partial charge in [-0.3, -0.25) is 0 Å². The zero-order valence-corrected chi connectivity index (χ0v) is 7.53. The average molecular weight is 193 g/mol. The minimum absolute atomic E-state index is 0.330. The summed E-state index contributed by atoms with van der Waals surface area (Å²) in [5.74, 6) is 0.240. The van der Waals surface area contributed by atoms with Gasteiger partial charge in [0.2, 0.25) is 0 Å². The van der Waals surface area contributed by atoms with Crippen LogP contribution in [0.2, 0.25) is 0 Å². The van der Waals surface area contributed by atoms with E-state index in [9.17, 15) is 4.39 Å². The van der Waals surface area contributed by atoms with Crippen molar-refractivity contribution in [1.29, 1.82) is 0 Å². The molecule has 0 spiro atoms. The molecule has 0 aliphatic carbocycles.